The Morgan fingerprint density at radius 3 is 2.42 bits per heavy atom. The standard InChI is InChI=1S/C21H32O10/c1-11(6-14(23)24)4-5-21(28)19(2)7-12(8-20(21,3)29-10-19)30-18-17(27)16(26)15(25)13(9-22)31-18/h4-6,12-13,15-18,22,25-28H,7-10H2,1-3H3,(H,23,24)/b5-4+,11-6-/t12-,13+,15+,16-,17+,18+,19+,20+,21+/m0/s1. The molecule has 1 aliphatic carbocycles. The van der Waals surface area contributed by atoms with Crippen LogP contribution in [0.2, 0.25) is 0 Å². The number of ether oxygens (including phenoxy) is 3. The normalized spacial score (nSPS) is 48.3. The number of allylic oxidation sites excluding steroid dienone is 2. The van der Waals surface area contributed by atoms with Gasteiger partial charge in [0.05, 0.1) is 19.3 Å². The average Bonchev–Trinajstić information content (AvgIpc) is 2.79. The van der Waals surface area contributed by atoms with Crippen molar-refractivity contribution in [3.63, 3.8) is 0 Å². The molecule has 0 spiro atoms. The van der Waals surface area contributed by atoms with E-state index in [1.54, 1.807) is 26.0 Å². The second-order valence-corrected chi connectivity index (χ2v) is 9.27. The van der Waals surface area contributed by atoms with E-state index in [2.05, 4.69) is 0 Å². The van der Waals surface area contributed by atoms with Gasteiger partial charge in [0.1, 0.15) is 35.6 Å². The van der Waals surface area contributed by atoms with Gasteiger partial charge in [-0.3, -0.25) is 0 Å². The molecule has 2 aliphatic heterocycles. The fourth-order valence-electron chi connectivity index (χ4n) is 4.95. The summed E-state index contributed by atoms with van der Waals surface area (Å²) >= 11 is 0. The first kappa shape index (κ1) is 24.3. The van der Waals surface area contributed by atoms with Gasteiger partial charge in [0.2, 0.25) is 0 Å². The Morgan fingerprint density at radius 2 is 1.84 bits per heavy atom. The van der Waals surface area contributed by atoms with Gasteiger partial charge >= 0.3 is 5.97 Å². The van der Waals surface area contributed by atoms with Gasteiger partial charge in [0.25, 0.3) is 0 Å². The van der Waals surface area contributed by atoms with Gasteiger partial charge in [-0.1, -0.05) is 13.0 Å². The van der Waals surface area contributed by atoms with E-state index in [1.165, 1.54) is 0 Å². The van der Waals surface area contributed by atoms with Gasteiger partial charge in [0, 0.05) is 17.9 Å². The highest BCUT2D eigenvalue weighted by Gasteiger charge is 2.67. The van der Waals surface area contributed by atoms with Crippen molar-refractivity contribution in [3.05, 3.63) is 23.8 Å². The maximum atomic E-state index is 11.6. The number of aliphatic hydroxyl groups is 5. The van der Waals surface area contributed by atoms with Crippen molar-refractivity contribution in [1.29, 1.82) is 0 Å². The van der Waals surface area contributed by atoms with Crippen LogP contribution in [0.5, 0.6) is 0 Å². The minimum atomic E-state index is -1.54. The lowest BCUT2D eigenvalue weighted by molar-refractivity contribution is -0.319. The van der Waals surface area contributed by atoms with Crippen molar-refractivity contribution in [2.75, 3.05) is 13.2 Å². The molecule has 0 aromatic rings. The molecule has 1 saturated carbocycles. The second kappa shape index (κ2) is 8.53. The Bertz CT molecular complexity index is 728. The number of aliphatic carboxylic acids is 1. The molecule has 0 aromatic carbocycles. The zero-order chi connectivity index (χ0) is 23.2. The molecule has 6 N–H and O–H groups in total. The topological polar surface area (TPSA) is 166 Å². The Kier molecular flexibility index (Phi) is 6.68. The third-order valence-corrected chi connectivity index (χ3v) is 6.84. The van der Waals surface area contributed by atoms with E-state index in [1.807, 2.05) is 6.92 Å². The second-order valence-electron chi connectivity index (χ2n) is 9.27. The molecule has 2 heterocycles. The lowest BCUT2D eigenvalue weighted by Crippen LogP contribution is -2.63. The molecular weight excluding hydrogens is 412 g/mol. The molecule has 10 heteroatoms. The summed E-state index contributed by atoms with van der Waals surface area (Å²) in [5.41, 5.74) is -2.77. The summed E-state index contributed by atoms with van der Waals surface area (Å²) in [6, 6.07) is 0. The predicted octanol–water partition coefficient (Wildman–Crippen LogP) is -0.921. The molecule has 9 atom stereocenters. The van der Waals surface area contributed by atoms with Crippen LogP contribution in [0.15, 0.2) is 23.8 Å². The minimum absolute atomic E-state index is 0.236. The molecule has 176 valence electrons. The quantitative estimate of drug-likeness (QED) is 0.223. The van der Waals surface area contributed by atoms with Crippen molar-refractivity contribution in [1.82, 2.24) is 0 Å². The van der Waals surface area contributed by atoms with E-state index in [0.29, 0.717) is 12.0 Å². The fourth-order valence-corrected chi connectivity index (χ4v) is 4.95. The van der Waals surface area contributed by atoms with E-state index in [-0.39, 0.29) is 13.0 Å². The molecule has 2 saturated heterocycles. The van der Waals surface area contributed by atoms with Crippen LogP contribution < -0.4 is 0 Å². The van der Waals surface area contributed by atoms with Gasteiger partial charge in [-0.15, -0.1) is 0 Å². The molecule has 2 bridgehead atoms. The van der Waals surface area contributed by atoms with Crippen LogP contribution in [0, 0.1) is 5.41 Å². The van der Waals surface area contributed by atoms with Crippen LogP contribution in [-0.2, 0) is 19.0 Å². The van der Waals surface area contributed by atoms with Crippen LogP contribution in [0.3, 0.4) is 0 Å². The van der Waals surface area contributed by atoms with Crippen molar-refractivity contribution in [2.24, 2.45) is 5.41 Å². The Morgan fingerprint density at radius 1 is 1.16 bits per heavy atom. The Hall–Kier alpha value is -1.37. The van der Waals surface area contributed by atoms with E-state index < -0.39 is 66.0 Å². The van der Waals surface area contributed by atoms with Crippen LogP contribution in [0.25, 0.3) is 0 Å². The number of hydrogen-bond acceptors (Lipinski definition) is 9. The molecule has 0 amide bonds. The number of rotatable bonds is 6. The summed E-state index contributed by atoms with van der Waals surface area (Å²) in [7, 11) is 0. The summed E-state index contributed by atoms with van der Waals surface area (Å²) < 4.78 is 17.3. The molecule has 3 aliphatic rings. The summed E-state index contributed by atoms with van der Waals surface area (Å²) in [6.07, 6.45) is -2.65. The zero-order valence-electron chi connectivity index (χ0n) is 17.8. The summed E-state index contributed by atoms with van der Waals surface area (Å²) in [5, 5.41) is 60.0. The SMILES string of the molecule is CC(=C/C(=O)O)/C=C/[C@@]1(O)[C@@]2(C)CO[C@]1(C)C[C@@H](O[C@@H]1O[C@H](CO)[C@@H](O)[C@H](O)[C@H]1O)C2. The molecule has 0 radical (unpaired) electrons. The first-order valence-corrected chi connectivity index (χ1v) is 10.3. The van der Waals surface area contributed by atoms with E-state index in [4.69, 9.17) is 19.3 Å². The Balaban J connectivity index is 1.78. The first-order valence-electron chi connectivity index (χ1n) is 10.3. The van der Waals surface area contributed by atoms with E-state index >= 15 is 0 Å². The summed E-state index contributed by atoms with van der Waals surface area (Å²) in [6.45, 7) is 4.88. The van der Waals surface area contributed by atoms with Gasteiger partial charge in [0.15, 0.2) is 6.29 Å². The predicted molar refractivity (Wildman–Crippen MR) is 106 cm³/mol. The maximum Gasteiger partial charge on any atom is 0.328 e. The van der Waals surface area contributed by atoms with Gasteiger partial charge in [-0.25, -0.2) is 4.79 Å². The third-order valence-electron chi connectivity index (χ3n) is 6.84. The van der Waals surface area contributed by atoms with Crippen molar-refractivity contribution in [2.45, 2.75) is 81.6 Å². The lowest BCUT2D eigenvalue weighted by Gasteiger charge is -2.51. The zero-order valence-corrected chi connectivity index (χ0v) is 17.8. The van der Waals surface area contributed by atoms with E-state index in [9.17, 15) is 30.3 Å². The Labute approximate surface area is 180 Å². The van der Waals surface area contributed by atoms with Crippen LogP contribution in [0.4, 0.5) is 0 Å². The first-order chi connectivity index (χ1) is 14.4. The largest absolute Gasteiger partial charge is 0.478 e. The van der Waals surface area contributed by atoms with Crippen molar-refractivity contribution >= 4 is 5.97 Å². The van der Waals surface area contributed by atoms with E-state index in [0.717, 1.165) is 6.08 Å². The lowest BCUT2D eigenvalue weighted by atomic mass is 9.59. The third kappa shape index (κ3) is 4.19. The molecular formula is C21H32O10. The number of carboxylic acid groups (broad SMARTS) is 1. The molecule has 3 fully saturated rings. The maximum absolute atomic E-state index is 11.6. The number of hydrogen-bond donors (Lipinski definition) is 6. The highest BCUT2D eigenvalue weighted by Crippen LogP contribution is 2.58. The highest BCUT2D eigenvalue weighted by molar-refractivity contribution is 5.81. The van der Waals surface area contributed by atoms with Gasteiger partial charge in [-0.2, -0.15) is 0 Å². The minimum Gasteiger partial charge on any atom is -0.478 e. The van der Waals surface area contributed by atoms with Gasteiger partial charge < -0.3 is 44.8 Å². The molecule has 31 heavy (non-hydrogen) atoms. The smallest absolute Gasteiger partial charge is 0.328 e. The van der Waals surface area contributed by atoms with Crippen molar-refractivity contribution < 1.29 is 49.6 Å². The molecule has 3 rings (SSSR count). The molecule has 0 aromatic heterocycles. The fraction of sp³-hybridized carbons (Fsp3) is 0.762. The van der Waals surface area contributed by atoms with Crippen LogP contribution >= 0.6 is 0 Å². The molecule has 0 unspecified atom stereocenters. The van der Waals surface area contributed by atoms with Crippen LogP contribution in [0.1, 0.15) is 33.6 Å². The number of aliphatic hydroxyl groups excluding tert-OH is 4. The highest BCUT2D eigenvalue weighted by atomic mass is 16.7. The van der Waals surface area contributed by atoms with Gasteiger partial charge in [-0.05, 0) is 31.9 Å². The number of carbonyl (C=O) groups is 1. The van der Waals surface area contributed by atoms with Crippen molar-refractivity contribution in [3.8, 4) is 0 Å². The van der Waals surface area contributed by atoms with Crippen LogP contribution in [-0.4, -0.2) is 97.8 Å². The number of fused-ring (bicyclic) bond motifs is 2. The monoisotopic (exact) mass is 444 g/mol. The number of carboxylic acids is 1. The summed E-state index contributed by atoms with van der Waals surface area (Å²) in [4.78, 5) is 10.9. The average molecular weight is 444 g/mol. The summed E-state index contributed by atoms with van der Waals surface area (Å²) in [5.74, 6) is -1.08. The molecule has 10 nitrogen and oxygen atoms in total.